The van der Waals surface area contributed by atoms with Crippen LogP contribution < -0.4 is 5.56 Å². The largest absolute Gasteiger partial charge is 0.418 e. The molecule has 0 bridgehead atoms. The van der Waals surface area contributed by atoms with Crippen LogP contribution >= 0.6 is 0 Å². The number of aromatic amines is 1. The van der Waals surface area contributed by atoms with E-state index < -0.39 is 22.7 Å². The highest BCUT2D eigenvalue weighted by Gasteiger charge is 2.34. The average molecular weight is 284 g/mol. The van der Waals surface area contributed by atoms with E-state index in [-0.39, 0.29) is 5.69 Å². The second-order valence-corrected chi connectivity index (χ2v) is 5.59. The van der Waals surface area contributed by atoms with Crippen molar-refractivity contribution in [2.24, 2.45) is 0 Å². The molecule has 0 saturated carbocycles. The number of halogens is 3. The molecular formula is C14H15F3N2O. The SMILES string of the molecule is CC(C)(C)c1c[nH]n(-c2ccccc2C(F)(F)F)c1=O. The van der Waals surface area contributed by atoms with Crippen LogP contribution in [-0.2, 0) is 11.6 Å². The minimum atomic E-state index is -4.51. The maximum Gasteiger partial charge on any atom is 0.418 e. The molecule has 0 spiro atoms. The number of nitrogens with one attached hydrogen (secondary N) is 1. The van der Waals surface area contributed by atoms with Gasteiger partial charge in [0.1, 0.15) is 0 Å². The lowest BCUT2D eigenvalue weighted by atomic mass is 9.89. The smallest absolute Gasteiger partial charge is 0.298 e. The number of para-hydroxylation sites is 1. The normalized spacial score (nSPS) is 12.7. The van der Waals surface area contributed by atoms with Crippen molar-refractivity contribution >= 4 is 0 Å². The Morgan fingerprint density at radius 1 is 1.05 bits per heavy atom. The summed E-state index contributed by atoms with van der Waals surface area (Å²) in [7, 11) is 0. The summed E-state index contributed by atoms with van der Waals surface area (Å²) in [6.45, 7) is 5.49. The van der Waals surface area contributed by atoms with E-state index in [0.717, 1.165) is 10.7 Å². The maximum atomic E-state index is 13.0. The van der Waals surface area contributed by atoms with Gasteiger partial charge in [-0.2, -0.15) is 13.2 Å². The minimum absolute atomic E-state index is 0.194. The first kappa shape index (κ1) is 14.4. The van der Waals surface area contributed by atoms with Crippen LogP contribution in [0.4, 0.5) is 13.2 Å². The van der Waals surface area contributed by atoms with Crippen LogP contribution in [0.3, 0.4) is 0 Å². The fraction of sp³-hybridized carbons (Fsp3) is 0.357. The molecule has 6 heteroatoms. The number of alkyl halides is 3. The number of hydrogen-bond donors (Lipinski definition) is 1. The summed E-state index contributed by atoms with van der Waals surface area (Å²) in [5.41, 5.74) is -1.50. The van der Waals surface area contributed by atoms with Crippen LogP contribution in [-0.4, -0.2) is 9.78 Å². The van der Waals surface area contributed by atoms with Crippen molar-refractivity contribution in [3.05, 3.63) is 51.9 Å². The zero-order chi connectivity index (χ0) is 15.1. The predicted molar refractivity (Wildman–Crippen MR) is 70.1 cm³/mol. The van der Waals surface area contributed by atoms with Gasteiger partial charge in [0.05, 0.1) is 11.3 Å². The molecule has 0 aliphatic heterocycles. The van der Waals surface area contributed by atoms with Gasteiger partial charge in [-0.05, 0) is 17.5 Å². The van der Waals surface area contributed by atoms with E-state index in [0.29, 0.717) is 5.56 Å². The average Bonchev–Trinajstić information content (AvgIpc) is 2.69. The van der Waals surface area contributed by atoms with E-state index in [1.807, 2.05) is 20.8 Å². The molecule has 3 nitrogen and oxygen atoms in total. The van der Waals surface area contributed by atoms with E-state index in [1.165, 1.54) is 24.4 Å². The number of aromatic nitrogens is 2. The Bertz CT molecular complexity index is 675. The van der Waals surface area contributed by atoms with Crippen molar-refractivity contribution in [3.8, 4) is 5.69 Å². The van der Waals surface area contributed by atoms with Gasteiger partial charge in [-0.25, -0.2) is 4.68 Å². The molecule has 1 aromatic carbocycles. The number of H-pyrrole nitrogens is 1. The first-order valence-corrected chi connectivity index (χ1v) is 6.10. The third kappa shape index (κ3) is 2.50. The number of rotatable bonds is 1. The lowest BCUT2D eigenvalue weighted by molar-refractivity contribution is -0.137. The van der Waals surface area contributed by atoms with E-state index in [1.54, 1.807) is 0 Å². The van der Waals surface area contributed by atoms with Crippen LogP contribution in [0.25, 0.3) is 5.69 Å². The minimum Gasteiger partial charge on any atom is -0.298 e. The van der Waals surface area contributed by atoms with Gasteiger partial charge in [-0.3, -0.25) is 9.89 Å². The van der Waals surface area contributed by atoms with Crippen LogP contribution in [0, 0.1) is 0 Å². The maximum absolute atomic E-state index is 13.0. The molecule has 108 valence electrons. The molecule has 0 amide bonds. The molecule has 0 atom stereocenters. The third-order valence-electron chi connectivity index (χ3n) is 3.03. The fourth-order valence-corrected chi connectivity index (χ4v) is 1.99. The molecule has 2 aromatic rings. The van der Waals surface area contributed by atoms with Gasteiger partial charge in [-0.1, -0.05) is 32.9 Å². The van der Waals surface area contributed by atoms with Gasteiger partial charge in [0.15, 0.2) is 0 Å². The van der Waals surface area contributed by atoms with E-state index in [9.17, 15) is 18.0 Å². The second-order valence-electron chi connectivity index (χ2n) is 5.59. The molecule has 0 fully saturated rings. The van der Waals surface area contributed by atoms with Crippen molar-refractivity contribution in [2.75, 3.05) is 0 Å². The second kappa shape index (κ2) is 4.54. The van der Waals surface area contributed by atoms with Crippen LogP contribution in [0.15, 0.2) is 35.3 Å². The van der Waals surface area contributed by atoms with E-state index in [4.69, 9.17) is 0 Å². The molecule has 20 heavy (non-hydrogen) atoms. The van der Waals surface area contributed by atoms with Gasteiger partial charge in [-0.15, -0.1) is 0 Å². The molecule has 0 aliphatic rings. The molecule has 1 N–H and O–H groups in total. The van der Waals surface area contributed by atoms with Gasteiger partial charge in [0, 0.05) is 11.8 Å². The van der Waals surface area contributed by atoms with Crippen LogP contribution in [0.1, 0.15) is 31.9 Å². The molecule has 1 aromatic heterocycles. The standard InChI is InChI=1S/C14H15F3N2O/c1-13(2,3)10-8-18-19(12(10)20)11-7-5-4-6-9(11)14(15,16)17/h4-8,18H,1-3H3. The Morgan fingerprint density at radius 2 is 1.65 bits per heavy atom. The topological polar surface area (TPSA) is 37.8 Å². The summed E-state index contributed by atoms with van der Waals surface area (Å²) in [6.07, 6.45) is -3.06. The zero-order valence-electron chi connectivity index (χ0n) is 11.4. The lowest BCUT2D eigenvalue weighted by Gasteiger charge is -2.15. The summed E-state index contributed by atoms with van der Waals surface area (Å²) < 4.78 is 39.9. The monoisotopic (exact) mass is 284 g/mol. The zero-order valence-corrected chi connectivity index (χ0v) is 11.4. The summed E-state index contributed by atoms with van der Waals surface area (Å²) in [4.78, 5) is 12.3. The van der Waals surface area contributed by atoms with E-state index >= 15 is 0 Å². The Labute approximate surface area is 114 Å². The molecule has 0 aliphatic carbocycles. The van der Waals surface area contributed by atoms with Gasteiger partial charge in [0.2, 0.25) is 0 Å². The summed E-state index contributed by atoms with van der Waals surface area (Å²) in [5, 5.41) is 2.61. The molecular weight excluding hydrogens is 269 g/mol. The van der Waals surface area contributed by atoms with Crippen LogP contribution in [0.5, 0.6) is 0 Å². The van der Waals surface area contributed by atoms with Gasteiger partial charge in [0.25, 0.3) is 5.56 Å². The van der Waals surface area contributed by atoms with Crippen molar-refractivity contribution in [3.63, 3.8) is 0 Å². The quantitative estimate of drug-likeness (QED) is 0.855. The Kier molecular flexibility index (Phi) is 3.28. The molecule has 0 radical (unpaired) electrons. The van der Waals surface area contributed by atoms with E-state index in [2.05, 4.69) is 5.10 Å². The third-order valence-corrected chi connectivity index (χ3v) is 3.03. The number of hydrogen-bond acceptors (Lipinski definition) is 1. The molecule has 0 saturated heterocycles. The predicted octanol–water partition coefficient (Wildman–Crippen LogP) is 3.48. The van der Waals surface area contributed by atoms with Gasteiger partial charge >= 0.3 is 6.18 Å². The van der Waals surface area contributed by atoms with Crippen molar-refractivity contribution in [1.29, 1.82) is 0 Å². The summed E-state index contributed by atoms with van der Waals surface area (Å²) in [5.74, 6) is 0. The highest BCUT2D eigenvalue weighted by Crippen LogP contribution is 2.33. The Hall–Kier alpha value is -1.98. The van der Waals surface area contributed by atoms with Crippen molar-refractivity contribution < 1.29 is 13.2 Å². The molecule has 1 heterocycles. The Balaban J connectivity index is 2.66. The van der Waals surface area contributed by atoms with Crippen molar-refractivity contribution in [1.82, 2.24) is 9.78 Å². The number of nitrogens with zero attached hydrogens (tertiary/aromatic N) is 1. The Morgan fingerprint density at radius 3 is 2.15 bits per heavy atom. The first-order valence-electron chi connectivity index (χ1n) is 6.10. The van der Waals surface area contributed by atoms with Crippen LogP contribution in [0.2, 0.25) is 0 Å². The van der Waals surface area contributed by atoms with Crippen molar-refractivity contribution in [2.45, 2.75) is 32.4 Å². The fourth-order valence-electron chi connectivity index (χ4n) is 1.99. The molecule has 2 rings (SSSR count). The molecule has 0 unspecified atom stereocenters. The highest BCUT2D eigenvalue weighted by molar-refractivity contribution is 5.42. The lowest BCUT2D eigenvalue weighted by Crippen LogP contribution is -2.26. The summed E-state index contributed by atoms with van der Waals surface area (Å²) >= 11 is 0. The highest BCUT2D eigenvalue weighted by atomic mass is 19.4. The first-order chi connectivity index (χ1) is 9.12. The summed E-state index contributed by atoms with van der Waals surface area (Å²) in [6, 6.07) is 4.99. The van der Waals surface area contributed by atoms with Gasteiger partial charge < -0.3 is 0 Å². The number of benzene rings is 1.